The van der Waals surface area contributed by atoms with Crippen LogP contribution in [0.4, 0.5) is 5.69 Å². The fourth-order valence-corrected chi connectivity index (χ4v) is 3.06. The number of nitrogens with one attached hydrogen (secondary N) is 2. The Morgan fingerprint density at radius 2 is 1.68 bits per heavy atom. The molecule has 1 aromatic heterocycles. The first kappa shape index (κ1) is 19.8. The molecule has 0 aliphatic carbocycles. The van der Waals surface area contributed by atoms with Crippen molar-refractivity contribution in [1.82, 2.24) is 4.98 Å². The van der Waals surface area contributed by atoms with Crippen LogP contribution >= 0.6 is 22.6 Å². The first-order chi connectivity index (χ1) is 13.5. The van der Waals surface area contributed by atoms with Crippen LogP contribution in [0.15, 0.2) is 76.5 Å². The fraction of sp³-hybridized carbons (Fsp3) is 0.0455. The van der Waals surface area contributed by atoms with Crippen molar-refractivity contribution in [2.24, 2.45) is 5.73 Å². The predicted octanol–water partition coefficient (Wildman–Crippen LogP) is 4.48. The highest BCUT2D eigenvalue weighted by molar-refractivity contribution is 14.1. The van der Waals surface area contributed by atoms with Gasteiger partial charge in [0.25, 0.3) is 0 Å². The molecule has 4 N–H and O–H groups in total. The minimum atomic E-state index is -0.0333. The van der Waals surface area contributed by atoms with Crippen LogP contribution in [0.25, 0.3) is 6.08 Å². The quantitative estimate of drug-likeness (QED) is 0.200. The highest BCUT2D eigenvalue weighted by Crippen LogP contribution is 2.16. The first-order valence-corrected chi connectivity index (χ1v) is 9.71. The third kappa shape index (κ3) is 5.26. The first-order valence-electron chi connectivity index (χ1n) is 8.63. The Balaban J connectivity index is 1.61. The summed E-state index contributed by atoms with van der Waals surface area (Å²) in [6.07, 6.45) is 3.58. The Kier molecular flexibility index (Phi) is 6.54. The molecule has 0 bridgehead atoms. The number of nitrogen functional groups attached to an aromatic ring is 1. The summed E-state index contributed by atoms with van der Waals surface area (Å²) in [5, 5.41) is 10.7. The summed E-state index contributed by atoms with van der Waals surface area (Å²) in [5.74, 6) is 0.0234. The van der Waals surface area contributed by atoms with E-state index in [2.05, 4.69) is 32.9 Å². The van der Waals surface area contributed by atoms with Crippen LogP contribution in [-0.4, -0.2) is 23.1 Å². The van der Waals surface area contributed by atoms with Gasteiger partial charge in [0.05, 0.1) is 5.69 Å². The van der Waals surface area contributed by atoms with Gasteiger partial charge < -0.3 is 11.1 Å². The van der Waals surface area contributed by atoms with E-state index in [1.807, 2.05) is 54.6 Å². The molecule has 0 aliphatic rings. The van der Waals surface area contributed by atoms with Crippen molar-refractivity contribution < 1.29 is 4.79 Å². The van der Waals surface area contributed by atoms with Gasteiger partial charge in [-0.15, -0.1) is 0 Å². The number of carbonyl (C=O) groups excluding carboxylic acids is 1. The molecule has 0 aliphatic heterocycles. The van der Waals surface area contributed by atoms with E-state index in [0.717, 1.165) is 15.0 Å². The van der Waals surface area contributed by atoms with Crippen molar-refractivity contribution in [3.63, 3.8) is 0 Å². The highest BCUT2D eigenvalue weighted by Gasteiger charge is 2.08. The van der Waals surface area contributed by atoms with Gasteiger partial charge in [-0.05, 0) is 65.1 Å². The summed E-state index contributed by atoms with van der Waals surface area (Å²) < 4.78 is 1.07. The van der Waals surface area contributed by atoms with Gasteiger partial charge in [0.1, 0.15) is 5.84 Å². The summed E-state index contributed by atoms with van der Waals surface area (Å²) >= 11 is 2.26. The third-order valence-corrected chi connectivity index (χ3v) is 4.74. The molecule has 2 aromatic carbocycles. The lowest BCUT2D eigenvalue weighted by molar-refractivity contribution is 0.103. The number of pyridine rings is 1. The van der Waals surface area contributed by atoms with Gasteiger partial charge in [0.2, 0.25) is 0 Å². The second-order valence-corrected chi connectivity index (χ2v) is 7.49. The van der Waals surface area contributed by atoms with E-state index >= 15 is 0 Å². The number of carbonyl (C=O) groups is 1. The van der Waals surface area contributed by atoms with E-state index in [-0.39, 0.29) is 11.6 Å². The van der Waals surface area contributed by atoms with Gasteiger partial charge in [0.15, 0.2) is 5.78 Å². The number of halogens is 1. The van der Waals surface area contributed by atoms with Crippen LogP contribution in [-0.2, 0) is 0 Å². The van der Waals surface area contributed by atoms with E-state index in [4.69, 9.17) is 11.1 Å². The Morgan fingerprint density at radius 3 is 2.29 bits per heavy atom. The standard InChI is InChI=1S/C22H19IN4O/c23-18(14-27-19-9-6-16(7-10-19)22(24)25)12-20-11-8-17(13-26-20)21(28)15-4-2-1-3-5-15/h1-13,27H,14H2,(H3,24,25). The third-order valence-electron chi connectivity index (χ3n) is 4.05. The Labute approximate surface area is 177 Å². The van der Waals surface area contributed by atoms with E-state index < -0.39 is 0 Å². The molecule has 3 aromatic rings. The molecule has 6 heteroatoms. The average Bonchev–Trinajstić information content (AvgIpc) is 2.73. The van der Waals surface area contributed by atoms with E-state index in [1.54, 1.807) is 24.4 Å². The second kappa shape index (κ2) is 9.27. The molecule has 140 valence electrons. The molecule has 0 spiro atoms. The lowest BCUT2D eigenvalue weighted by atomic mass is 10.1. The van der Waals surface area contributed by atoms with Crippen LogP contribution in [0, 0.1) is 5.41 Å². The maximum absolute atomic E-state index is 12.4. The smallest absolute Gasteiger partial charge is 0.194 e. The zero-order chi connectivity index (χ0) is 19.9. The summed E-state index contributed by atoms with van der Waals surface area (Å²) in [6, 6.07) is 20.2. The second-order valence-electron chi connectivity index (χ2n) is 6.10. The Bertz CT molecular complexity index is 997. The number of nitrogens with zero attached hydrogens (tertiary/aromatic N) is 1. The zero-order valence-corrected chi connectivity index (χ0v) is 17.2. The topological polar surface area (TPSA) is 91.9 Å². The maximum atomic E-state index is 12.4. The molecular formula is C22H19IN4O. The van der Waals surface area contributed by atoms with Gasteiger partial charge >= 0.3 is 0 Å². The zero-order valence-electron chi connectivity index (χ0n) is 15.0. The maximum Gasteiger partial charge on any atom is 0.194 e. The number of nitrogens with two attached hydrogens (primary N) is 1. The van der Waals surface area contributed by atoms with E-state index in [9.17, 15) is 4.79 Å². The normalized spacial score (nSPS) is 11.1. The fourth-order valence-electron chi connectivity index (χ4n) is 2.55. The molecule has 1 heterocycles. The molecule has 0 radical (unpaired) electrons. The number of aromatic nitrogens is 1. The van der Waals surface area contributed by atoms with E-state index in [0.29, 0.717) is 23.2 Å². The summed E-state index contributed by atoms with van der Waals surface area (Å²) in [7, 11) is 0. The summed E-state index contributed by atoms with van der Waals surface area (Å²) in [4.78, 5) is 16.8. The van der Waals surface area contributed by atoms with Crippen molar-refractivity contribution in [2.75, 3.05) is 11.9 Å². The summed E-state index contributed by atoms with van der Waals surface area (Å²) in [6.45, 7) is 0.645. The number of anilines is 1. The number of amidine groups is 1. The van der Waals surface area contributed by atoms with Gasteiger partial charge in [-0.2, -0.15) is 0 Å². The van der Waals surface area contributed by atoms with Gasteiger partial charge in [0, 0.05) is 38.7 Å². The molecule has 0 saturated heterocycles. The van der Waals surface area contributed by atoms with Gasteiger partial charge in [-0.3, -0.25) is 15.2 Å². The molecule has 0 saturated carbocycles. The lowest BCUT2D eigenvalue weighted by Crippen LogP contribution is -2.10. The minimum Gasteiger partial charge on any atom is -0.384 e. The molecule has 28 heavy (non-hydrogen) atoms. The number of ketones is 1. The molecule has 3 rings (SSSR count). The van der Waals surface area contributed by atoms with Crippen LogP contribution in [0.3, 0.4) is 0 Å². The number of hydrogen-bond donors (Lipinski definition) is 3. The minimum absolute atomic E-state index is 0.0333. The van der Waals surface area contributed by atoms with Crippen molar-refractivity contribution in [2.45, 2.75) is 0 Å². The Morgan fingerprint density at radius 1 is 1.00 bits per heavy atom. The number of benzene rings is 2. The molecule has 0 unspecified atom stereocenters. The molecule has 0 fully saturated rings. The van der Waals surface area contributed by atoms with Crippen LogP contribution in [0.5, 0.6) is 0 Å². The molecule has 0 atom stereocenters. The van der Waals surface area contributed by atoms with Crippen LogP contribution < -0.4 is 11.1 Å². The number of rotatable bonds is 7. The van der Waals surface area contributed by atoms with Crippen molar-refractivity contribution in [3.8, 4) is 0 Å². The van der Waals surface area contributed by atoms with Gasteiger partial charge in [-0.1, -0.05) is 30.3 Å². The van der Waals surface area contributed by atoms with E-state index in [1.165, 1.54) is 0 Å². The van der Waals surface area contributed by atoms with Crippen molar-refractivity contribution in [1.29, 1.82) is 5.41 Å². The van der Waals surface area contributed by atoms with Crippen LogP contribution in [0.2, 0.25) is 0 Å². The molecule has 5 nitrogen and oxygen atoms in total. The van der Waals surface area contributed by atoms with Crippen molar-refractivity contribution in [3.05, 3.63) is 98.9 Å². The average molecular weight is 482 g/mol. The predicted molar refractivity (Wildman–Crippen MR) is 122 cm³/mol. The molecular weight excluding hydrogens is 463 g/mol. The Hall–Kier alpha value is -3.00. The SMILES string of the molecule is N=C(N)c1ccc(NCC(I)=Cc2ccc(C(=O)c3ccccc3)cn2)cc1. The largest absolute Gasteiger partial charge is 0.384 e. The van der Waals surface area contributed by atoms with Crippen LogP contribution in [0.1, 0.15) is 27.2 Å². The van der Waals surface area contributed by atoms with Crippen molar-refractivity contribution >= 4 is 46.0 Å². The lowest BCUT2D eigenvalue weighted by Gasteiger charge is -2.07. The highest BCUT2D eigenvalue weighted by atomic mass is 127. The monoisotopic (exact) mass is 482 g/mol. The number of hydrogen-bond acceptors (Lipinski definition) is 4. The molecule has 0 amide bonds. The summed E-state index contributed by atoms with van der Waals surface area (Å²) in [5.41, 5.74) is 9.13. The van der Waals surface area contributed by atoms with Gasteiger partial charge in [-0.25, -0.2) is 0 Å².